The summed E-state index contributed by atoms with van der Waals surface area (Å²) < 4.78 is 5.26. The summed E-state index contributed by atoms with van der Waals surface area (Å²) in [4.78, 5) is 25.2. The first kappa shape index (κ1) is 18.7. The summed E-state index contributed by atoms with van der Waals surface area (Å²) in [6, 6.07) is 5.85. The number of benzene rings is 1. The Morgan fingerprint density at radius 2 is 2.23 bits per heavy atom. The van der Waals surface area contributed by atoms with Crippen molar-refractivity contribution in [2.24, 2.45) is 0 Å². The minimum Gasteiger partial charge on any atom is -0.497 e. The largest absolute Gasteiger partial charge is 0.497 e. The van der Waals surface area contributed by atoms with Crippen LogP contribution >= 0.6 is 0 Å². The molecule has 2 aromatic rings. The van der Waals surface area contributed by atoms with E-state index in [1.54, 1.807) is 7.11 Å². The maximum Gasteiger partial charge on any atom is 0.239 e. The Kier molecular flexibility index (Phi) is 6.14. The zero-order valence-corrected chi connectivity index (χ0v) is 16.1. The molecule has 2 heterocycles. The van der Waals surface area contributed by atoms with Gasteiger partial charge in [0.15, 0.2) is 0 Å². The van der Waals surface area contributed by atoms with Crippen molar-refractivity contribution in [1.29, 1.82) is 0 Å². The third-order valence-electron chi connectivity index (χ3n) is 5.36. The minimum atomic E-state index is 0.0254. The first-order chi connectivity index (χ1) is 12.6. The van der Waals surface area contributed by atoms with E-state index < -0.39 is 0 Å². The molecule has 1 unspecified atom stereocenters. The van der Waals surface area contributed by atoms with Gasteiger partial charge in [0.25, 0.3) is 0 Å². The Morgan fingerprint density at radius 1 is 1.38 bits per heavy atom. The van der Waals surface area contributed by atoms with E-state index in [1.165, 1.54) is 12.8 Å². The summed E-state index contributed by atoms with van der Waals surface area (Å²) in [5.41, 5.74) is 1.90. The van der Waals surface area contributed by atoms with Gasteiger partial charge in [0.05, 0.1) is 24.2 Å². The van der Waals surface area contributed by atoms with Gasteiger partial charge < -0.3 is 14.6 Å². The van der Waals surface area contributed by atoms with Crippen molar-refractivity contribution in [2.75, 3.05) is 33.8 Å². The molecule has 1 aliphatic rings. The molecule has 1 amide bonds. The smallest absolute Gasteiger partial charge is 0.239 e. The van der Waals surface area contributed by atoms with Crippen LogP contribution in [0.1, 0.15) is 38.4 Å². The third-order valence-corrected chi connectivity index (χ3v) is 5.36. The van der Waals surface area contributed by atoms with Gasteiger partial charge in [-0.15, -0.1) is 0 Å². The number of ether oxygens (including phenoxy) is 1. The summed E-state index contributed by atoms with van der Waals surface area (Å²) in [5, 5.41) is 0. The lowest BCUT2D eigenvalue weighted by molar-refractivity contribution is -0.136. The van der Waals surface area contributed by atoms with E-state index in [2.05, 4.69) is 28.8 Å². The van der Waals surface area contributed by atoms with E-state index in [-0.39, 0.29) is 11.9 Å². The van der Waals surface area contributed by atoms with Crippen LogP contribution in [0.3, 0.4) is 0 Å². The number of likely N-dealkylation sites (tertiary alicyclic amines) is 1. The van der Waals surface area contributed by atoms with Crippen LogP contribution in [0.15, 0.2) is 18.2 Å². The monoisotopic (exact) mass is 358 g/mol. The lowest BCUT2D eigenvalue weighted by Gasteiger charge is -2.30. The zero-order chi connectivity index (χ0) is 18.5. The quantitative estimate of drug-likeness (QED) is 0.863. The molecule has 0 radical (unpaired) electrons. The minimum absolute atomic E-state index is 0.0254. The van der Waals surface area contributed by atoms with Crippen LogP contribution in [0, 0.1) is 0 Å². The number of carbonyl (C=O) groups is 1. The van der Waals surface area contributed by atoms with Gasteiger partial charge in [-0.3, -0.25) is 9.69 Å². The molecule has 3 rings (SSSR count). The molecule has 0 spiro atoms. The van der Waals surface area contributed by atoms with Gasteiger partial charge in [0, 0.05) is 25.6 Å². The van der Waals surface area contributed by atoms with Crippen LogP contribution in [-0.4, -0.2) is 65.5 Å². The third kappa shape index (κ3) is 4.18. The molecule has 6 nitrogen and oxygen atoms in total. The summed E-state index contributed by atoms with van der Waals surface area (Å²) in [7, 11) is 3.74. The number of methoxy groups -OCH3 is 1. The standard InChI is InChI=1S/C20H30N4O2/c1-4-24(20(25)18-8-6-5-7-12-23(18)2)13-11-19-21-16-10-9-15(26-3)14-17(16)22-19/h9-10,14,18H,4-8,11-13H2,1-3H3,(H,21,22). The summed E-state index contributed by atoms with van der Waals surface area (Å²) in [6.07, 6.45) is 5.25. The lowest BCUT2D eigenvalue weighted by atomic mass is 10.1. The number of H-pyrrole nitrogens is 1. The average molecular weight is 358 g/mol. The van der Waals surface area contributed by atoms with Gasteiger partial charge in [0.1, 0.15) is 11.6 Å². The molecule has 142 valence electrons. The Bertz CT molecular complexity index is 742. The van der Waals surface area contributed by atoms with Crippen LogP contribution < -0.4 is 4.74 Å². The van der Waals surface area contributed by atoms with Crippen LogP contribution in [0.25, 0.3) is 11.0 Å². The number of imidazole rings is 1. The molecule has 0 saturated carbocycles. The number of likely N-dealkylation sites (N-methyl/N-ethyl adjacent to an activating group) is 2. The number of rotatable bonds is 6. The topological polar surface area (TPSA) is 61.5 Å². The van der Waals surface area contributed by atoms with Crippen molar-refractivity contribution >= 4 is 16.9 Å². The number of nitrogens with zero attached hydrogens (tertiary/aromatic N) is 3. The molecule has 1 atom stereocenters. The van der Waals surface area contributed by atoms with E-state index >= 15 is 0 Å². The Hall–Kier alpha value is -2.08. The van der Waals surface area contributed by atoms with Crippen molar-refractivity contribution in [3.63, 3.8) is 0 Å². The molecule has 26 heavy (non-hydrogen) atoms. The number of hydrogen-bond acceptors (Lipinski definition) is 4. The molecule has 1 fully saturated rings. The van der Waals surface area contributed by atoms with Crippen molar-refractivity contribution in [2.45, 2.75) is 45.1 Å². The second-order valence-electron chi connectivity index (χ2n) is 7.08. The molecule has 0 aliphatic carbocycles. The fraction of sp³-hybridized carbons (Fsp3) is 0.600. The Balaban J connectivity index is 1.65. The Morgan fingerprint density at radius 3 is 3.00 bits per heavy atom. The summed E-state index contributed by atoms with van der Waals surface area (Å²) >= 11 is 0. The molecule has 1 N–H and O–H groups in total. The second kappa shape index (κ2) is 8.54. The summed E-state index contributed by atoms with van der Waals surface area (Å²) in [6.45, 7) is 4.49. The number of carbonyl (C=O) groups excluding carboxylic acids is 1. The van der Waals surface area contributed by atoms with E-state index in [0.29, 0.717) is 6.54 Å². The molecule has 1 aromatic heterocycles. The predicted octanol–water partition coefficient (Wildman–Crippen LogP) is 2.84. The van der Waals surface area contributed by atoms with Gasteiger partial charge >= 0.3 is 0 Å². The Labute approximate surface area is 155 Å². The van der Waals surface area contributed by atoms with Gasteiger partial charge in [-0.25, -0.2) is 4.98 Å². The van der Waals surface area contributed by atoms with E-state index in [4.69, 9.17) is 4.74 Å². The highest BCUT2D eigenvalue weighted by Gasteiger charge is 2.28. The molecular formula is C20H30N4O2. The van der Waals surface area contributed by atoms with E-state index in [1.807, 2.05) is 23.1 Å². The maximum absolute atomic E-state index is 13.0. The van der Waals surface area contributed by atoms with Crippen molar-refractivity contribution < 1.29 is 9.53 Å². The number of aromatic nitrogens is 2. The lowest BCUT2D eigenvalue weighted by Crippen LogP contribution is -2.47. The highest BCUT2D eigenvalue weighted by Crippen LogP contribution is 2.20. The normalized spacial score (nSPS) is 18.7. The number of hydrogen-bond donors (Lipinski definition) is 1. The van der Waals surface area contributed by atoms with Crippen LogP contribution in [-0.2, 0) is 11.2 Å². The van der Waals surface area contributed by atoms with Crippen molar-refractivity contribution in [3.8, 4) is 5.75 Å². The molecule has 1 aromatic carbocycles. The van der Waals surface area contributed by atoms with E-state index in [9.17, 15) is 4.79 Å². The highest BCUT2D eigenvalue weighted by molar-refractivity contribution is 5.82. The predicted molar refractivity (Wildman–Crippen MR) is 103 cm³/mol. The molecule has 6 heteroatoms. The van der Waals surface area contributed by atoms with Crippen LogP contribution in [0.5, 0.6) is 5.75 Å². The second-order valence-corrected chi connectivity index (χ2v) is 7.08. The van der Waals surface area contributed by atoms with Gasteiger partial charge in [-0.1, -0.05) is 12.8 Å². The number of nitrogens with one attached hydrogen (secondary N) is 1. The average Bonchev–Trinajstić information content (AvgIpc) is 2.93. The molecule has 0 bridgehead atoms. The first-order valence-electron chi connectivity index (χ1n) is 9.64. The van der Waals surface area contributed by atoms with Crippen LogP contribution in [0.2, 0.25) is 0 Å². The van der Waals surface area contributed by atoms with Crippen molar-refractivity contribution in [3.05, 3.63) is 24.0 Å². The maximum atomic E-state index is 13.0. The fourth-order valence-electron chi connectivity index (χ4n) is 3.73. The number of aromatic amines is 1. The van der Waals surface area contributed by atoms with Gasteiger partial charge in [-0.2, -0.15) is 0 Å². The van der Waals surface area contributed by atoms with Crippen LogP contribution in [0.4, 0.5) is 0 Å². The first-order valence-corrected chi connectivity index (χ1v) is 9.64. The zero-order valence-electron chi connectivity index (χ0n) is 16.1. The SMILES string of the molecule is CCN(CCc1nc2ccc(OC)cc2[nH]1)C(=O)C1CCCCCN1C. The van der Waals surface area contributed by atoms with Gasteiger partial charge in [-0.05, 0) is 45.5 Å². The highest BCUT2D eigenvalue weighted by atomic mass is 16.5. The summed E-state index contributed by atoms with van der Waals surface area (Å²) in [5.74, 6) is 1.98. The fourth-order valence-corrected chi connectivity index (χ4v) is 3.73. The molecule has 1 saturated heterocycles. The molecular weight excluding hydrogens is 328 g/mol. The molecule has 1 aliphatic heterocycles. The van der Waals surface area contributed by atoms with Crippen molar-refractivity contribution in [1.82, 2.24) is 19.8 Å². The van der Waals surface area contributed by atoms with Gasteiger partial charge in [0.2, 0.25) is 5.91 Å². The van der Waals surface area contributed by atoms with E-state index in [0.717, 1.165) is 55.0 Å². The number of fused-ring (bicyclic) bond motifs is 1. The number of amides is 1.